The van der Waals surface area contributed by atoms with Crippen LogP contribution in [0.2, 0.25) is 10.0 Å². The van der Waals surface area contributed by atoms with Crippen molar-refractivity contribution in [2.75, 3.05) is 12.0 Å². The van der Waals surface area contributed by atoms with Crippen molar-refractivity contribution in [2.24, 2.45) is 0 Å². The summed E-state index contributed by atoms with van der Waals surface area (Å²) in [5.41, 5.74) is 2.90. The number of aryl methyl sites for hydroxylation is 1. The van der Waals surface area contributed by atoms with Crippen LogP contribution in [0, 0.1) is 6.92 Å². The number of carbonyl (C=O) groups is 2. The molecule has 1 fully saturated rings. The van der Waals surface area contributed by atoms with Crippen LogP contribution >= 0.6 is 35.4 Å². The number of nitrogens with one attached hydrogen (secondary N) is 1. The lowest BCUT2D eigenvalue weighted by Crippen LogP contribution is -2.54. The Morgan fingerprint density at radius 1 is 1.00 bits per heavy atom. The molecule has 178 valence electrons. The molecule has 1 N–H and O–H groups in total. The molecule has 0 aliphatic carbocycles. The third-order valence-electron chi connectivity index (χ3n) is 5.29. The van der Waals surface area contributed by atoms with Gasteiger partial charge in [-0.2, -0.15) is 0 Å². The van der Waals surface area contributed by atoms with E-state index in [-0.39, 0.29) is 17.3 Å². The quantitative estimate of drug-likeness (QED) is 0.252. The van der Waals surface area contributed by atoms with Crippen molar-refractivity contribution < 1.29 is 19.1 Å². The van der Waals surface area contributed by atoms with E-state index in [1.165, 1.54) is 18.1 Å². The van der Waals surface area contributed by atoms with Gasteiger partial charge in [-0.15, -0.1) is 0 Å². The molecule has 1 saturated heterocycles. The Morgan fingerprint density at radius 3 is 2.43 bits per heavy atom. The number of hydrogen-bond donors (Lipinski definition) is 1. The summed E-state index contributed by atoms with van der Waals surface area (Å²) in [5.74, 6) is -0.180. The lowest BCUT2D eigenvalue weighted by molar-refractivity contribution is -0.122. The van der Waals surface area contributed by atoms with Crippen molar-refractivity contribution in [3.05, 3.63) is 93.0 Å². The van der Waals surface area contributed by atoms with Crippen molar-refractivity contribution in [1.82, 2.24) is 5.32 Å². The molecule has 35 heavy (non-hydrogen) atoms. The largest absolute Gasteiger partial charge is 0.493 e. The summed E-state index contributed by atoms with van der Waals surface area (Å²) in [6.07, 6.45) is 1.49. The van der Waals surface area contributed by atoms with E-state index in [1.807, 2.05) is 19.1 Å². The highest BCUT2D eigenvalue weighted by Gasteiger charge is 2.34. The number of benzene rings is 3. The van der Waals surface area contributed by atoms with E-state index < -0.39 is 11.8 Å². The van der Waals surface area contributed by atoms with Gasteiger partial charge in [0.25, 0.3) is 11.8 Å². The number of thiocarbonyl (C=S) groups is 1. The first-order chi connectivity index (χ1) is 16.8. The molecule has 1 heterocycles. The maximum absolute atomic E-state index is 13.2. The molecule has 1 aliphatic heterocycles. The molecule has 0 unspecified atom stereocenters. The Morgan fingerprint density at radius 2 is 1.74 bits per heavy atom. The summed E-state index contributed by atoms with van der Waals surface area (Å²) in [5, 5.41) is 3.65. The van der Waals surface area contributed by atoms with Gasteiger partial charge in [-0.05, 0) is 67.2 Å². The number of anilines is 1. The number of halogens is 2. The van der Waals surface area contributed by atoms with Crippen molar-refractivity contribution in [3.8, 4) is 11.5 Å². The van der Waals surface area contributed by atoms with Crippen molar-refractivity contribution in [2.45, 2.75) is 13.5 Å². The van der Waals surface area contributed by atoms with Crippen LogP contribution in [0.15, 0.2) is 66.2 Å². The van der Waals surface area contributed by atoms with Gasteiger partial charge in [0.1, 0.15) is 12.2 Å². The summed E-state index contributed by atoms with van der Waals surface area (Å²) in [6.45, 7) is 2.15. The van der Waals surface area contributed by atoms with Crippen LogP contribution in [0.3, 0.4) is 0 Å². The molecular weight excluding hydrogens is 507 g/mol. The molecule has 3 aromatic rings. The van der Waals surface area contributed by atoms with Crippen molar-refractivity contribution in [3.63, 3.8) is 0 Å². The highest BCUT2D eigenvalue weighted by molar-refractivity contribution is 7.80. The fourth-order valence-corrected chi connectivity index (χ4v) is 4.18. The first kappa shape index (κ1) is 24.7. The van der Waals surface area contributed by atoms with Gasteiger partial charge in [-0.25, -0.2) is 0 Å². The smallest absolute Gasteiger partial charge is 0.270 e. The second kappa shape index (κ2) is 10.5. The van der Waals surface area contributed by atoms with Gasteiger partial charge in [0.2, 0.25) is 0 Å². The van der Waals surface area contributed by atoms with Crippen LogP contribution in [-0.2, 0) is 16.2 Å². The molecule has 0 spiro atoms. The molecule has 9 heteroatoms. The van der Waals surface area contributed by atoms with Gasteiger partial charge in [-0.3, -0.25) is 19.8 Å². The summed E-state index contributed by atoms with van der Waals surface area (Å²) in [7, 11) is 1.50. The van der Waals surface area contributed by atoms with Crippen LogP contribution in [0.25, 0.3) is 6.08 Å². The van der Waals surface area contributed by atoms with Gasteiger partial charge >= 0.3 is 0 Å². The molecule has 1 aliphatic rings. The molecule has 0 saturated carbocycles. The number of rotatable bonds is 6. The Balaban J connectivity index is 1.59. The van der Waals surface area contributed by atoms with E-state index >= 15 is 0 Å². The van der Waals surface area contributed by atoms with Crippen LogP contribution < -0.4 is 19.7 Å². The number of hydrogen-bond acceptors (Lipinski definition) is 5. The highest BCUT2D eigenvalue weighted by Crippen LogP contribution is 2.31. The highest BCUT2D eigenvalue weighted by atomic mass is 35.5. The second-order valence-electron chi connectivity index (χ2n) is 7.73. The molecule has 3 aromatic carbocycles. The second-order valence-corrected chi connectivity index (χ2v) is 8.96. The van der Waals surface area contributed by atoms with E-state index in [4.69, 9.17) is 44.9 Å². The summed E-state index contributed by atoms with van der Waals surface area (Å²) in [4.78, 5) is 27.1. The Labute approximate surface area is 218 Å². The number of methoxy groups -OCH3 is 1. The Kier molecular flexibility index (Phi) is 7.40. The lowest BCUT2D eigenvalue weighted by atomic mass is 10.1. The number of amides is 2. The molecule has 0 radical (unpaired) electrons. The van der Waals surface area contributed by atoms with Gasteiger partial charge in [0.05, 0.1) is 12.8 Å². The number of nitrogens with zero attached hydrogens (tertiary/aromatic N) is 1. The zero-order chi connectivity index (χ0) is 25.1. The maximum atomic E-state index is 13.2. The average molecular weight is 527 g/mol. The third-order valence-corrected chi connectivity index (χ3v) is 6.16. The van der Waals surface area contributed by atoms with E-state index in [1.54, 1.807) is 48.5 Å². The van der Waals surface area contributed by atoms with Crippen molar-refractivity contribution >= 4 is 64.1 Å². The van der Waals surface area contributed by atoms with Crippen LogP contribution in [0.4, 0.5) is 5.69 Å². The zero-order valence-electron chi connectivity index (χ0n) is 18.8. The standard InChI is InChI=1S/C26H20Cl2N2O4S/c1-15-3-8-19(9-4-15)30-25(32)20(24(31)29-26(30)35)11-16-5-10-22(23(12-16)33-2)34-14-17-6-7-18(27)13-21(17)28/h3-13H,14H2,1-2H3,(H,29,31,35)/b20-11+. The van der Waals surface area contributed by atoms with E-state index in [0.29, 0.717) is 32.8 Å². The fraction of sp³-hybridized carbons (Fsp3) is 0.115. The van der Waals surface area contributed by atoms with Crippen LogP contribution in [0.5, 0.6) is 11.5 Å². The normalized spacial score (nSPS) is 14.8. The van der Waals surface area contributed by atoms with Gasteiger partial charge in [0, 0.05) is 15.6 Å². The lowest BCUT2D eigenvalue weighted by Gasteiger charge is -2.29. The van der Waals surface area contributed by atoms with Crippen LogP contribution in [0.1, 0.15) is 16.7 Å². The Bertz CT molecular complexity index is 1360. The van der Waals surface area contributed by atoms with Crippen molar-refractivity contribution in [1.29, 1.82) is 0 Å². The Hall–Kier alpha value is -3.39. The predicted octanol–water partition coefficient (Wildman–Crippen LogP) is 5.72. The summed E-state index contributed by atoms with van der Waals surface area (Å²) in [6, 6.07) is 17.5. The SMILES string of the molecule is COc1cc(/C=C2\C(=O)NC(=S)N(c3ccc(C)cc3)C2=O)ccc1OCc1ccc(Cl)cc1Cl. The average Bonchev–Trinajstić information content (AvgIpc) is 2.82. The van der Waals surface area contributed by atoms with Crippen LogP contribution in [-0.4, -0.2) is 24.0 Å². The minimum absolute atomic E-state index is 0.0307. The first-order valence-electron chi connectivity index (χ1n) is 10.5. The first-order valence-corrected chi connectivity index (χ1v) is 11.7. The molecule has 0 atom stereocenters. The monoisotopic (exact) mass is 526 g/mol. The van der Waals surface area contributed by atoms with Gasteiger partial charge in [-0.1, -0.05) is 53.0 Å². The fourth-order valence-electron chi connectivity index (χ4n) is 3.44. The zero-order valence-corrected chi connectivity index (χ0v) is 21.1. The van der Waals surface area contributed by atoms with Gasteiger partial charge < -0.3 is 9.47 Å². The maximum Gasteiger partial charge on any atom is 0.270 e. The third kappa shape index (κ3) is 5.48. The summed E-state index contributed by atoms with van der Waals surface area (Å²) >= 11 is 17.4. The van der Waals surface area contributed by atoms with E-state index in [9.17, 15) is 9.59 Å². The van der Waals surface area contributed by atoms with Gasteiger partial charge in [0.15, 0.2) is 16.6 Å². The molecule has 0 aromatic heterocycles. The minimum atomic E-state index is -0.569. The summed E-state index contributed by atoms with van der Waals surface area (Å²) < 4.78 is 11.3. The van der Waals surface area contributed by atoms with E-state index in [2.05, 4.69) is 5.32 Å². The predicted molar refractivity (Wildman–Crippen MR) is 141 cm³/mol. The number of carbonyl (C=O) groups excluding carboxylic acids is 2. The topological polar surface area (TPSA) is 67.9 Å². The molecule has 2 amide bonds. The molecular formula is C26H20Cl2N2O4S. The minimum Gasteiger partial charge on any atom is -0.493 e. The van der Waals surface area contributed by atoms with E-state index in [0.717, 1.165) is 11.1 Å². The molecule has 6 nitrogen and oxygen atoms in total. The molecule has 4 rings (SSSR count). The molecule has 0 bridgehead atoms. The number of ether oxygens (including phenoxy) is 2.